The molecule has 0 bridgehead atoms. The summed E-state index contributed by atoms with van der Waals surface area (Å²) in [5.74, 6) is 0.708. The third-order valence-electron chi connectivity index (χ3n) is 12.6. The maximum Gasteiger partial charge on any atom is 0.160 e. The average molecular weight is 783 g/mol. The van der Waals surface area contributed by atoms with E-state index in [0.717, 1.165) is 39.2 Å². The molecule has 0 radical (unpaired) electrons. The van der Waals surface area contributed by atoms with Gasteiger partial charge in [-0.25, -0.2) is 9.97 Å². The molecule has 0 spiro atoms. The molecule has 0 atom stereocenters. The summed E-state index contributed by atoms with van der Waals surface area (Å²) < 4.78 is 2.61. The Morgan fingerprint density at radius 1 is 0.350 bits per heavy atom. The van der Waals surface area contributed by atoms with Crippen molar-refractivity contribution in [2.75, 3.05) is 0 Å². The Kier molecular flexibility index (Phi) is 7.79. The number of fused-ring (bicyclic) bond motifs is 8. The molecule has 2 heterocycles. The molecular weight excluding hydrogens is 745 g/mol. The normalized spacial score (nSPS) is 13.0. The third kappa shape index (κ3) is 5.69. The van der Waals surface area contributed by atoms with Crippen LogP contribution in [0.1, 0.15) is 25.0 Å². The molecule has 9 aromatic carbocycles. The van der Waals surface area contributed by atoms with Crippen LogP contribution >= 0.6 is 11.3 Å². The predicted molar refractivity (Wildman–Crippen MR) is 255 cm³/mol. The van der Waals surface area contributed by atoms with Gasteiger partial charge in [-0.1, -0.05) is 141 Å². The Morgan fingerprint density at radius 3 is 1.73 bits per heavy atom. The van der Waals surface area contributed by atoms with Gasteiger partial charge in [0, 0.05) is 42.3 Å². The van der Waals surface area contributed by atoms with E-state index in [9.17, 15) is 0 Å². The number of benzene rings is 9. The molecule has 282 valence electrons. The lowest BCUT2D eigenvalue weighted by atomic mass is 9.81. The number of hydrogen-bond donors (Lipinski definition) is 0. The molecule has 3 heteroatoms. The highest BCUT2D eigenvalue weighted by molar-refractivity contribution is 7.25. The molecule has 2 aromatic heterocycles. The fourth-order valence-electron chi connectivity index (χ4n) is 9.44. The standard InChI is InChI=1S/C57H38N2S/c1-57(2)50-24-22-42(32-47(50)48-30-38-16-8-9-17-39(38)33-51(48)57)52-34-53(59-56(58-52)36-13-4-3-5-14-36)45-28-43(40-21-20-35-12-6-7-15-37(35)26-40)27-44(29-45)41-23-25-55-49(31-41)46-18-10-11-19-54(46)60-55/h3-34H,1-2H3. The van der Waals surface area contributed by atoms with Crippen molar-refractivity contribution in [3.8, 4) is 67.3 Å². The van der Waals surface area contributed by atoms with E-state index in [4.69, 9.17) is 9.97 Å². The smallest absolute Gasteiger partial charge is 0.160 e. The number of nitrogens with zero attached hydrogens (tertiary/aromatic N) is 2. The zero-order valence-corrected chi connectivity index (χ0v) is 34.1. The molecular formula is C57H38N2S. The van der Waals surface area contributed by atoms with Crippen molar-refractivity contribution in [2.24, 2.45) is 0 Å². The predicted octanol–water partition coefficient (Wildman–Crippen LogP) is 15.8. The van der Waals surface area contributed by atoms with Crippen LogP contribution in [0.4, 0.5) is 0 Å². The van der Waals surface area contributed by atoms with Gasteiger partial charge >= 0.3 is 0 Å². The zero-order valence-electron chi connectivity index (χ0n) is 33.3. The van der Waals surface area contributed by atoms with Crippen LogP contribution in [-0.4, -0.2) is 9.97 Å². The van der Waals surface area contributed by atoms with Crippen molar-refractivity contribution < 1.29 is 0 Å². The highest BCUT2D eigenvalue weighted by Crippen LogP contribution is 2.51. The average Bonchev–Trinajstić information content (AvgIpc) is 3.78. The second-order valence-electron chi connectivity index (χ2n) is 16.6. The molecule has 0 amide bonds. The van der Waals surface area contributed by atoms with Gasteiger partial charge < -0.3 is 0 Å². The molecule has 1 aliphatic rings. The van der Waals surface area contributed by atoms with E-state index >= 15 is 0 Å². The first-order chi connectivity index (χ1) is 29.4. The fraction of sp³-hybridized carbons (Fsp3) is 0.0526. The van der Waals surface area contributed by atoms with Crippen LogP contribution < -0.4 is 0 Å². The van der Waals surface area contributed by atoms with Crippen LogP contribution in [0.5, 0.6) is 0 Å². The lowest BCUT2D eigenvalue weighted by Crippen LogP contribution is -2.14. The first kappa shape index (κ1) is 34.8. The van der Waals surface area contributed by atoms with Crippen LogP contribution in [0.3, 0.4) is 0 Å². The summed E-state index contributed by atoms with van der Waals surface area (Å²) in [6, 6.07) is 70.9. The van der Waals surface area contributed by atoms with Gasteiger partial charge in [0.1, 0.15) is 0 Å². The molecule has 0 saturated carbocycles. The van der Waals surface area contributed by atoms with Gasteiger partial charge in [-0.15, -0.1) is 11.3 Å². The van der Waals surface area contributed by atoms with Gasteiger partial charge in [0.2, 0.25) is 0 Å². The molecule has 2 nitrogen and oxygen atoms in total. The molecule has 0 N–H and O–H groups in total. The summed E-state index contributed by atoms with van der Waals surface area (Å²) in [7, 11) is 0. The molecule has 60 heavy (non-hydrogen) atoms. The Labute approximate surface area is 353 Å². The first-order valence-electron chi connectivity index (χ1n) is 20.6. The van der Waals surface area contributed by atoms with Crippen molar-refractivity contribution in [1.29, 1.82) is 0 Å². The monoisotopic (exact) mass is 782 g/mol. The van der Waals surface area contributed by atoms with Crippen LogP contribution in [0.15, 0.2) is 194 Å². The van der Waals surface area contributed by atoms with E-state index in [2.05, 4.69) is 202 Å². The van der Waals surface area contributed by atoms with E-state index < -0.39 is 0 Å². The Balaban J connectivity index is 1.07. The van der Waals surface area contributed by atoms with E-state index in [0.29, 0.717) is 5.82 Å². The highest BCUT2D eigenvalue weighted by Gasteiger charge is 2.36. The highest BCUT2D eigenvalue weighted by atomic mass is 32.1. The van der Waals surface area contributed by atoms with Crippen molar-refractivity contribution in [3.63, 3.8) is 0 Å². The first-order valence-corrected chi connectivity index (χ1v) is 21.4. The zero-order chi connectivity index (χ0) is 40.0. The molecule has 12 rings (SSSR count). The number of thiophene rings is 1. The summed E-state index contributed by atoms with van der Waals surface area (Å²) in [6.07, 6.45) is 0. The molecule has 1 aliphatic carbocycles. The van der Waals surface area contributed by atoms with E-state index in [-0.39, 0.29) is 5.41 Å². The van der Waals surface area contributed by atoms with E-state index in [1.54, 1.807) is 0 Å². The van der Waals surface area contributed by atoms with E-state index in [1.165, 1.54) is 75.1 Å². The summed E-state index contributed by atoms with van der Waals surface area (Å²) in [5, 5.41) is 7.57. The van der Waals surface area contributed by atoms with Crippen LogP contribution in [-0.2, 0) is 5.41 Å². The minimum atomic E-state index is -0.114. The molecule has 11 aromatic rings. The topological polar surface area (TPSA) is 25.8 Å². The summed E-state index contributed by atoms with van der Waals surface area (Å²) in [4.78, 5) is 10.7. The van der Waals surface area contributed by atoms with Crippen molar-refractivity contribution >= 4 is 53.1 Å². The van der Waals surface area contributed by atoms with Gasteiger partial charge in [-0.3, -0.25) is 0 Å². The van der Waals surface area contributed by atoms with Gasteiger partial charge in [-0.05, 0) is 133 Å². The van der Waals surface area contributed by atoms with Crippen LogP contribution in [0, 0.1) is 0 Å². The second-order valence-corrected chi connectivity index (χ2v) is 17.7. The summed E-state index contributed by atoms with van der Waals surface area (Å²) in [6.45, 7) is 4.70. The van der Waals surface area contributed by atoms with Gasteiger partial charge in [-0.2, -0.15) is 0 Å². The second kappa shape index (κ2) is 13.4. The minimum absolute atomic E-state index is 0.114. The van der Waals surface area contributed by atoms with Crippen molar-refractivity contribution in [3.05, 3.63) is 205 Å². The summed E-state index contributed by atoms with van der Waals surface area (Å²) in [5.41, 5.74) is 14.7. The number of rotatable bonds is 5. The lowest BCUT2D eigenvalue weighted by Gasteiger charge is -2.22. The van der Waals surface area contributed by atoms with E-state index in [1.807, 2.05) is 17.4 Å². The minimum Gasteiger partial charge on any atom is -0.228 e. The molecule has 0 aliphatic heterocycles. The summed E-state index contributed by atoms with van der Waals surface area (Å²) >= 11 is 1.85. The molecule has 0 saturated heterocycles. The van der Waals surface area contributed by atoms with Gasteiger partial charge in [0.15, 0.2) is 5.82 Å². The Hall–Kier alpha value is -7.20. The number of aromatic nitrogens is 2. The fourth-order valence-corrected chi connectivity index (χ4v) is 10.5. The maximum absolute atomic E-state index is 5.36. The third-order valence-corrected chi connectivity index (χ3v) is 13.8. The Bertz CT molecular complexity index is 3520. The van der Waals surface area contributed by atoms with Crippen LogP contribution in [0.25, 0.3) is 109 Å². The maximum atomic E-state index is 5.36. The number of hydrogen-bond acceptors (Lipinski definition) is 3. The van der Waals surface area contributed by atoms with Gasteiger partial charge in [0.25, 0.3) is 0 Å². The van der Waals surface area contributed by atoms with Gasteiger partial charge in [0.05, 0.1) is 11.4 Å². The quantitative estimate of drug-likeness (QED) is 0.174. The molecule has 0 unspecified atom stereocenters. The largest absolute Gasteiger partial charge is 0.228 e. The van der Waals surface area contributed by atoms with Crippen LogP contribution in [0.2, 0.25) is 0 Å². The lowest BCUT2D eigenvalue weighted by molar-refractivity contribution is 0.661. The van der Waals surface area contributed by atoms with Crippen molar-refractivity contribution in [2.45, 2.75) is 19.3 Å². The Morgan fingerprint density at radius 2 is 0.933 bits per heavy atom. The van der Waals surface area contributed by atoms with Crippen molar-refractivity contribution in [1.82, 2.24) is 9.97 Å². The molecule has 0 fully saturated rings. The SMILES string of the molecule is CC1(C)c2ccc(-c3cc(-c4cc(-c5ccc6ccccc6c5)cc(-c5ccc6sc7ccccc7c6c5)c4)nc(-c4ccccc4)n3)cc2-c2cc3ccccc3cc21.